The number of pyridine rings is 1. The van der Waals surface area contributed by atoms with Crippen LogP contribution in [-0.2, 0) is 19.9 Å². The summed E-state index contributed by atoms with van der Waals surface area (Å²) in [6.07, 6.45) is 9.53. The van der Waals surface area contributed by atoms with E-state index in [1.807, 2.05) is 36.3 Å². The lowest BCUT2D eigenvalue weighted by molar-refractivity contribution is 0.553. The zero-order valence-corrected chi connectivity index (χ0v) is 10.8. The lowest BCUT2D eigenvalue weighted by atomic mass is 10.0. The van der Waals surface area contributed by atoms with Gasteiger partial charge in [-0.3, -0.25) is 9.67 Å². The summed E-state index contributed by atoms with van der Waals surface area (Å²) in [6.45, 7) is 0. The van der Waals surface area contributed by atoms with Gasteiger partial charge in [-0.2, -0.15) is 5.10 Å². The fourth-order valence-electron chi connectivity index (χ4n) is 2.02. The molecule has 0 fully saturated rings. The first-order chi connectivity index (χ1) is 8.75. The molecule has 2 aromatic heterocycles. The Morgan fingerprint density at radius 3 is 2.72 bits per heavy atom. The van der Waals surface area contributed by atoms with Crippen LogP contribution in [0.2, 0.25) is 0 Å². The van der Waals surface area contributed by atoms with Crippen LogP contribution in [0.4, 0.5) is 0 Å². The molecule has 0 saturated carbocycles. The first kappa shape index (κ1) is 12.8. The summed E-state index contributed by atoms with van der Waals surface area (Å²) in [7, 11) is 1.97. The summed E-state index contributed by atoms with van der Waals surface area (Å²) >= 11 is 0. The molecule has 1 atom stereocenters. The van der Waals surface area contributed by atoms with Gasteiger partial charge in [0.05, 0.1) is 0 Å². The molecular formula is C14H20N4. The molecule has 18 heavy (non-hydrogen) atoms. The minimum atomic E-state index is 0.236. The largest absolute Gasteiger partial charge is 0.328 e. The molecule has 0 amide bonds. The number of hydrogen-bond donors (Lipinski definition) is 1. The highest BCUT2D eigenvalue weighted by molar-refractivity contribution is 5.08. The predicted molar refractivity (Wildman–Crippen MR) is 72.1 cm³/mol. The van der Waals surface area contributed by atoms with Gasteiger partial charge in [0.25, 0.3) is 0 Å². The Morgan fingerprint density at radius 1 is 1.22 bits per heavy atom. The van der Waals surface area contributed by atoms with Crippen LogP contribution in [0.25, 0.3) is 0 Å². The van der Waals surface area contributed by atoms with E-state index < -0.39 is 0 Å². The van der Waals surface area contributed by atoms with E-state index >= 15 is 0 Å². The number of aromatic nitrogens is 3. The summed E-state index contributed by atoms with van der Waals surface area (Å²) in [6, 6.07) is 6.35. The molecule has 0 aromatic carbocycles. The predicted octanol–water partition coefficient (Wildman–Crippen LogP) is 1.71. The van der Waals surface area contributed by atoms with Crippen LogP contribution in [0.15, 0.2) is 36.8 Å². The van der Waals surface area contributed by atoms with Crippen LogP contribution in [0, 0.1) is 0 Å². The minimum Gasteiger partial charge on any atom is -0.328 e. The third kappa shape index (κ3) is 3.67. The molecule has 0 saturated heterocycles. The molecule has 0 radical (unpaired) electrons. The van der Waals surface area contributed by atoms with Crippen molar-refractivity contribution in [1.82, 2.24) is 14.8 Å². The lowest BCUT2D eigenvalue weighted by Crippen LogP contribution is -2.22. The van der Waals surface area contributed by atoms with Crippen molar-refractivity contribution < 1.29 is 0 Å². The molecule has 96 valence electrons. The average molecular weight is 244 g/mol. The molecule has 2 rings (SSSR count). The summed E-state index contributed by atoms with van der Waals surface area (Å²) in [5.74, 6) is 0. The quantitative estimate of drug-likeness (QED) is 0.841. The van der Waals surface area contributed by atoms with Crippen molar-refractivity contribution in [2.45, 2.75) is 31.7 Å². The third-order valence-electron chi connectivity index (χ3n) is 3.22. The second-order valence-corrected chi connectivity index (χ2v) is 4.64. The van der Waals surface area contributed by atoms with E-state index in [9.17, 15) is 0 Å². The van der Waals surface area contributed by atoms with Gasteiger partial charge in [-0.1, -0.05) is 6.07 Å². The van der Waals surface area contributed by atoms with Gasteiger partial charge in [0.15, 0.2) is 0 Å². The highest BCUT2D eigenvalue weighted by Gasteiger charge is 2.06. The Morgan fingerprint density at radius 2 is 2.06 bits per heavy atom. The zero-order chi connectivity index (χ0) is 12.8. The Bertz CT molecular complexity index is 464. The van der Waals surface area contributed by atoms with Crippen molar-refractivity contribution >= 4 is 0 Å². The Balaban J connectivity index is 1.73. The molecule has 0 aliphatic heterocycles. The van der Waals surface area contributed by atoms with Gasteiger partial charge in [-0.05, 0) is 43.4 Å². The normalized spacial score (nSPS) is 12.6. The first-order valence-electron chi connectivity index (χ1n) is 6.37. The van der Waals surface area contributed by atoms with E-state index in [4.69, 9.17) is 5.73 Å². The fourth-order valence-corrected chi connectivity index (χ4v) is 2.02. The molecular weight excluding hydrogens is 224 g/mol. The smallest absolute Gasteiger partial charge is 0.0492 e. The maximum atomic E-state index is 6.14. The highest BCUT2D eigenvalue weighted by Crippen LogP contribution is 2.08. The molecule has 0 spiro atoms. The molecule has 2 aromatic rings. The van der Waals surface area contributed by atoms with Crippen LogP contribution >= 0.6 is 0 Å². The summed E-state index contributed by atoms with van der Waals surface area (Å²) < 4.78 is 1.91. The number of rotatable bonds is 6. The zero-order valence-electron chi connectivity index (χ0n) is 10.8. The van der Waals surface area contributed by atoms with Gasteiger partial charge in [-0.25, -0.2) is 0 Å². The molecule has 2 N–H and O–H groups in total. The van der Waals surface area contributed by atoms with Crippen LogP contribution in [-0.4, -0.2) is 20.8 Å². The van der Waals surface area contributed by atoms with E-state index in [2.05, 4.69) is 16.1 Å². The third-order valence-corrected chi connectivity index (χ3v) is 3.22. The van der Waals surface area contributed by atoms with E-state index in [-0.39, 0.29) is 6.04 Å². The van der Waals surface area contributed by atoms with E-state index in [1.54, 1.807) is 6.20 Å². The van der Waals surface area contributed by atoms with Crippen molar-refractivity contribution in [2.75, 3.05) is 0 Å². The van der Waals surface area contributed by atoms with Gasteiger partial charge in [0, 0.05) is 37.4 Å². The molecule has 0 aliphatic carbocycles. The van der Waals surface area contributed by atoms with Gasteiger partial charge >= 0.3 is 0 Å². The van der Waals surface area contributed by atoms with Gasteiger partial charge in [-0.15, -0.1) is 0 Å². The van der Waals surface area contributed by atoms with Crippen molar-refractivity contribution in [3.8, 4) is 0 Å². The van der Waals surface area contributed by atoms with Gasteiger partial charge < -0.3 is 5.73 Å². The van der Waals surface area contributed by atoms with E-state index in [0.717, 1.165) is 25.7 Å². The number of nitrogens with two attached hydrogens (primary N) is 1. The Kier molecular flexibility index (Phi) is 4.47. The second kappa shape index (κ2) is 6.31. The van der Waals surface area contributed by atoms with Crippen molar-refractivity contribution in [3.05, 3.63) is 48.0 Å². The summed E-state index contributed by atoms with van der Waals surface area (Å²) in [5, 5.41) is 4.16. The van der Waals surface area contributed by atoms with E-state index in [1.165, 1.54) is 11.3 Å². The van der Waals surface area contributed by atoms with Crippen LogP contribution < -0.4 is 5.73 Å². The maximum Gasteiger partial charge on any atom is 0.0492 e. The molecule has 1 unspecified atom stereocenters. The van der Waals surface area contributed by atoms with Crippen molar-refractivity contribution in [1.29, 1.82) is 0 Å². The van der Waals surface area contributed by atoms with Crippen LogP contribution in [0.1, 0.15) is 24.1 Å². The van der Waals surface area contributed by atoms with E-state index in [0.29, 0.717) is 0 Å². The monoisotopic (exact) mass is 244 g/mol. The lowest BCUT2D eigenvalue weighted by Gasteiger charge is -2.11. The summed E-state index contributed by atoms with van der Waals surface area (Å²) in [5.41, 5.74) is 8.64. The first-order valence-corrected chi connectivity index (χ1v) is 6.37. The highest BCUT2D eigenvalue weighted by atomic mass is 15.2. The number of nitrogens with zero attached hydrogens (tertiary/aromatic N) is 3. The van der Waals surface area contributed by atoms with Crippen molar-refractivity contribution in [3.63, 3.8) is 0 Å². The number of aryl methyl sites for hydroxylation is 3. The molecule has 0 bridgehead atoms. The minimum absolute atomic E-state index is 0.236. The second-order valence-electron chi connectivity index (χ2n) is 4.64. The standard InChI is InChI=1S/C14H20N4/c1-18-14(8-10-17-18)7-6-13(15)5-4-12-3-2-9-16-11-12/h2-3,8-11,13H,4-7,15H2,1H3. The van der Waals surface area contributed by atoms with Crippen molar-refractivity contribution in [2.24, 2.45) is 12.8 Å². The SMILES string of the molecule is Cn1nccc1CCC(N)CCc1cccnc1. The van der Waals surface area contributed by atoms with Gasteiger partial charge in [0.1, 0.15) is 0 Å². The summed E-state index contributed by atoms with van der Waals surface area (Å²) in [4.78, 5) is 4.11. The number of hydrogen-bond acceptors (Lipinski definition) is 3. The fraction of sp³-hybridized carbons (Fsp3) is 0.429. The van der Waals surface area contributed by atoms with Gasteiger partial charge in [0.2, 0.25) is 0 Å². The van der Waals surface area contributed by atoms with Crippen LogP contribution in [0.3, 0.4) is 0 Å². The molecule has 4 heteroatoms. The Hall–Kier alpha value is -1.68. The molecule has 0 aliphatic rings. The Labute approximate surface area is 108 Å². The molecule has 2 heterocycles. The maximum absolute atomic E-state index is 6.14. The average Bonchev–Trinajstić information content (AvgIpc) is 2.81. The molecule has 4 nitrogen and oxygen atoms in total. The van der Waals surface area contributed by atoms with Crippen LogP contribution in [0.5, 0.6) is 0 Å². The topological polar surface area (TPSA) is 56.7 Å².